The van der Waals surface area contributed by atoms with Crippen molar-refractivity contribution < 1.29 is 9.53 Å². The second-order valence-electron chi connectivity index (χ2n) is 5.77. The Kier molecular flexibility index (Phi) is 3.41. The van der Waals surface area contributed by atoms with Crippen LogP contribution in [0.2, 0.25) is 6.82 Å². The van der Waals surface area contributed by atoms with E-state index in [1.165, 1.54) is 0 Å². The van der Waals surface area contributed by atoms with Crippen molar-refractivity contribution in [2.24, 2.45) is 0 Å². The highest BCUT2D eigenvalue weighted by Crippen LogP contribution is 2.33. The molecule has 1 atom stereocenters. The molecule has 4 rings (SSSR count). The summed E-state index contributed by atoms with van der Waals surface area (Å²) in [7, 11) is 2.12. The summed E-state index contributed by atoms with van der Waals surface area (Å²) in [6.45, 7) is 2.04. The van der Waals surface area contributed by atoms with Crippen molar-refractivity contribution in [1.82, 2.24) is 9.38 Å². The summed E-state index contributed by atoms with van der Waals surface area (Å²) in [4.78, 5) is 16.5. The molecule has 0 amide bonds. The van der Waals surface area contributed by atoms with Gasteiger partial charge in [-0.15, -0.1) is 0 Å². The van der Waals surface area contributed by atoms with E-state index in [4.69, 9.17) is 4.74 Å². The molecule has 113 valence electrons. The lowest BCUT2D eigenvalue weighted by Gasteiger charge is -2.12. The van der Waals surface area contributed by atoms with Crippen LogP contribution >= 0.6 is 0 Å². The molecule has 0 spiro atoms. The predicted octanol–water partition coefficient (Wildman–Crippen LogP) is 3.04. The zero-order chi connectivity index (χ0) is 15.8. The first kappa shape index (κ1) is 14.1. The number of esters is 1. The van der Waals surface area contributed by atoms with Gasteiger partial charge in [0.25, 0.3) is 0 Å². The molecule has 1 aromatic carbocycles. The molecule has 3 heterocycles. The van der Waals surface area contributed by atoms with Crippen molar-refractivity contribution >= 4 is 18.9 Å². The van der Waals surface area contributed by atoms with Crippen LogP contribution in [0.5, 0.6) is 0 Å². The molecule has 0 fully saturated rings. The number of carbonyl (C=O) groups is 1. The third-order valence-corrected chi connectivity index (χ3v) is 4.29. The van der Waals surface area contributed by atoms with Crippen LogP contribution < -0.4 is 0 Å². The fraction of sp³-hybridized carbons (Fsp3) is 0.222. The third-order valence-electron chi connectivity index (χ3n) is 4.29. The smallest absolute Gasteiger partial charge is 0.339 e. The predicted molar refractivity (Wildman–Crippen MR) is 88.8 cm³/mol. The van der Waals surface area contributed by atoms with E-state index in [9.17, 15) is 4.79 Å². The quantitative estimate of drug-likeness (QED) is 0.549. The minimum Gasteiger partial charge on any atom is -0.454 e. The average Bonchev–Trinajstić information content (AvgIpc) is 3.12. The zero-order valence-electron chi connectivity index (χ0n) is 12.9. The van der Waals surface area contributed by atoms with Crippen molar-refractivity contribution in [3.05, 3.63) is 71.2 Å². The first-order chi connectivity index (χ1) is 11.3. The molecular weight excluding hydrogens is 287 g/mol. The second-order valence-corrected chi connectivity index (χ2v) is 5.77. The van der Waals surface area contributed by atoms with Crippen LogP contribution in [0, 0.1) is 0 Å². The standard InChI is InChI=1S/C18H16BN2O2/c1-19-10-13-11-20-17-12(5-4-8-21(13)17)9-16-14-6-2-3-7-15(14)18(22)23-16/h2-8,11,16H,9-10H2,1H3. The molecule has 1 aliphatic rings. The Morgan fingerprint density at radius 2 is 2.13 bits per heavy atom. The van der Waals surface area contributed by atoms with Crippen LogP contribution in [0.3, 0.4) is 0 Å². The Bertz CT molecular complexity index is 888. The van der Waals surface area contributed by atoms with Crippen LogP contribution in [0.25, 0.3) is 5.65 Å². The zero-order valence-corrected chi connectivity index (χ0v) is 12.9. The van der Waals surface area contributed by atoms with Crippen molar-refractivity contribution in [3.8, 4) is 0 Å². The highest BCUT2D eigenvalue weighted by Gasteiger charge is 2.31. The second kappa shape index (κ2) is 5.58. The van der Waals surface area contributed by atoms with Crippen LogP contribution in [0.4, 0.5) is 0 Å². The number of fused-ring (bicyclic) bond motifs is 2. The lowest BCUT2D eigenvalue weighted by Crippen LogP contribution is -2.05. The summed E-state index contributed by atoms with van der Waals surface area (Å²) in [5.74, 6) is -0.234. The van der Waals surface area contributed by atoms with Gasteiger partial charge in [0.15, 0.2) is 0 Å². The first-order valence-electron chi connectivity index (χ1n) is 7.79. The number of pyridine rings is 1. The molecule has 0 saturated heterocycles. The SMILES string of the molecule is C[B]Cc1cnc2c(CC3OC(=O)c4ccccc43)cccn12. The van der Waals surface area contributed by atoms with E-state index in [1.807, 2.05) is 49.5 Å². The Hall–Kier alpha value is -2.56. The van der Waals surface area contributed by atoms with Crippen molar-refractivity contribution in [3.63, 3.8) is 0 Å². The first-order valence-corrected chi connectivity index (χ1v) is 7.79. The molecule has 0 aliphatic carbocycles. The maximum Gasteiger partial charge on any atom is 0.339 e. The number of imidazole rings is 1. The van der Waals surface area contributed by atoms with Crippen LogP contribution in [0.1, 0.15) is 33.3 Å². The van der Waals surface area contributed by atoms with E-state index in [1.54, 1.807) is 0 Å². The van der Waals surface area contributed by atoms with E-state index >= 15 is 0 Å². The largest absolute Gasteiger partial charge is 0.454 e. The third kappa shape index (κ3) is 2.33. The van der Waals surface area contributed by atoms with E-state index in [0.29, 0.717) is 12.0 Å². The summed E-state index contributed by atoms with van der Waals surface area (Å²) in [5.41, 5.74) is 4.82. The average molecular weight is 303 g/mol. The molecule has 0 saturated carbocycles. The summed E-state index contributed by atoms with van der Waals surface area (Å²) in [6, 6.07) is 11.7. The number of cyclic esters (lactones) is 1. The maximum atomic E-state index is 12.0. The molecule has 0 N–H and O–H groups in total. The monoisotopic (exact) mass is 303 g/mol. The molecule has 2 aromatic heterocycles. The Balaban J connectivity index is 1.70. The number of hydrogen-bond donors (Lipinski definition) is 0. The minimum atomic E-state index is -0.234. The summed E-state index contributed by atoms with van der Waals surface area (Å²) >= 11 is 0. The molecule has 1 aliphatic heterocycles. The summed E-state index contributed by atoms with van der Waals surface area (Å²) < 4.78 is 7.67. The van der Waals surface area contributed by atoms with Gasteiger partial charge in [-0.3, -0.25) is 0 Å². The Morgan fingerprint density at radius 1 is 1.26 bits per heavy atom. The fourth-order valence-corrected chi connectivity index (χ4v) is 3.21. The number of aromatic nitrogens is 2. The molecular formula is C18H16BN2O2. The normalized spacial score (nSPS) is 16.4. The van der Waals surface area contributed by atoms with Gasteiger partial charge in [0.05, 0.1) is 5.56 Å². The van der Waals surface area contributed by atoms with Crippen molar-refractivity contribution in [2.75, 3.05) is 0 Å². The Morgan fingerprint density at radius 3 is 3.00 bits per heavy atom. The molecule has 3 aromatic rings. The van der Waals surface area contributed by atoms with Gasteiger partial charge in [0.1, 0.15) is 19.0 Å². The highest BCUT2D eigenvalue weighted by atomic mass is 16.5. The maximum absolute atomic E-state index is 12.0. The number of hydrogen-bond acceptors (Lipinski definition) is 3. The van der Waals surface area contributed by atoms with E-state index in [0.717, 1.165) is 28.8 Å². The lowest BCUT2D eigenvalue weighted by atomic mass is 9.77. The van der Waals surface area contributed by atoms with E-state index < -0.39 is 0 Å². The molecule has 1 unspecified atom stereocenters. The molecule has 4 nitrogen and oxygen atoms in total. The van der Waals surface area contributed by atoms with Gasteiger partial charge in [-0.25, -0.2) is 9.78 Å². The number of ether oxygens (including phenoxy) is 1. The molecule has 0 bridgehead atoms. The van der Waals surface area contributed by atoms with Crippen LogP contribution in [0.15, 0.2) is 48.8 Å². The van der Waals surface area contributed by atoms with Gasteiger partial charge >= 0.3 is 5.97 Å². The van der Waals surface area contributed by atoms with Crippen molar-refractivity contribution in [2.45, 2.75) is 25.7 Å². The van der Waals surface area contributed by atoms with Gasteiger partial charge in [-0.2, -0.15) is 0 Å². The van der Waals surface area contributed by atoms with Gasteiger partial charge < -0.3 is 9.14 Å². The summed E-state index contributed by atoms with van der Waals surface area (Å²) in [5, 5.41) is 0. The molecule has 5 heteroatoms. The van der Waals surface area contributed by atoms with Gasteiger partial charge in [0.2, 0.25) is 0 Å². The lowest BCUT2D eigenvalue weighted by molar-refractivity contribution is 0.0387. The molecule has 1 radical (unpaired) electrons. The number of carbonyl (C=O) groups excluding carboxylic acids is 1. The van der Waals surface area contributed by atoms with Gasteiger partial charge in [-0.1, -0.05) is 31.1 Å². The number of rotatable bonds is 4. The number of benzene rings is 1. The van der Waals surface area contributed by atoms with E-state index in [2.05, 4.69) is 22.7 Å². The van der Waals surface area contributed by atoms with Crippen LogP contribution in [-0.4, -0.2) is 22.6 Å². The van der Waals surface area contributed by atoms with Gasteiger partial charge in [-0.05, 0) is 24.0 Å². The number of nitrogens with zero attached hydrogens (tertiary/aromatic N) is 2. The van der Waals surface area contributed by atoms with Crippen LogP contribution in [-0.2, 0) is 17.5 Å². The fourth-order valence-electron chi connectivity index (χ4n) is 3.21. The van der Waals surface area contributed by atoms with Crippen molar-refractivity contribution in [1.29, 1.82) is 0 Å². The highest BCUT2D eigenvalue weighted by molar-refractivity contribution is 6.32. The minimum absolute atomic E-state index is 0.234. The Labute approximate surface area is 135 Å². The summed E-state index contributed by atoms with van der Waals surface area (Å²) in [6.07, 6.45) is 5.22. The van der Waals surface area contributed by atoms with Gasteiger partial charge in [0, 0.05) is 30.1 Å². The topological polar surface area (TPSA) is 43.6 Å². The molecule has 23 heavy (non-hydrogen) atoms. The van der Waals surface area contributed by atoms with E-state index in [-0.39, 0.29) is 12.1 Å².